The van der Waals surface area contributed by atoms with Gasteiger partial charge in [-0.1, -0.05) is 18.7 Å². The van der Waals surface area contributed by atoms with Crippen LogP contribution in [0.2, 0.25) is 0 Å². The molecule has 31 heavy (non-hydrogen) atoms. The minimum Gasteiger partial charge on any atom is -0.504 e. The predicted octanol–water partition coefficient (Wildman–Crippen LogP) is 3.14. The second-order valence-electron chi connectivity index (χ2n) is 7.13. The Hall–Kier alpha value is -3.39. The van der Waals surface area contributed by atoms with Gasteiger partial charge in [0.2, 0.25) is 11.8 Å². The quantitative estimate of drug-likeness (QED) is 0.499. The summed E-state index contributed by atoms with van der Waals surface area (Å²) in [6, 6.07) is 3.87. The molecule has 0 spiro atoms. The highest BCUT2D eigenvalue weighted by Crippen LogP contribution is 2.38. The average Bonchev–Trinajstić information content (AvgIpc) is 3.26. The highest BCUT2D eigenvalue weighted by atomic mass is 16.5. The number of aromatic nitrogens is 3. The summed E-state index contributed by atoms with van der Waals surface area (Å²) in [6.07, 6.45) is 9.91. The lowest BCUT2D eigenvalue weighted by Crippen LogP contribution is -2.37. The second-order valence-corrected chi connectivity index (χ2v) is 7.13. The summed E-state index contributed by atoms with van der Waals surface area (Å²) in [5, 5.41) is 0. The molecule has 2 aromatic heterocycles. The zero-order valence-electron chi connectivity index (χ0n) is 18.0. The van der Waals surface area contributed by atoms with Crippen molar-refractivity contribution in [1.82, 2.24) is 15.0 Å². The van der Waals surface area contributed by atoms with Crippen LogP contribution in [0.25, 0.3) is 5.57 Å². The number of fused-ring (bicyclic) bond motifs is 1. The minimum atomic E-state index is 0.585. The van der Waals surface area contributed by atoms with Crippen LogP contribution in [0.5, 0.6) is 5.88 Å². The number of methoxy groups -OCH3 is 2. The first-order chi connectivity index (χ1) is 15.2. The zero-order valence-corrected chi connectivity index (χ0v) is 18.0. The number of anilines is 3. The maximum Gasteiger partial charge on any atom is 0.228 e. The summed E-state index contributed by atoms with van der Waals surface area (Å²) in [6.45, 7) is 7.52. The fourth-order valence-electron chi connectivity index (χ4n) is 3.77. The Morgan fingerprint density at radius 2 is 2.00 bits per heavy atom. The average molecular weight is 422 g/mol. The molecular formula is C23H27N5O3. The molecule has 1 fully saturated rings. The maximum absolute atomic E-state index is 5.52. The van der Waals surface area contributed by atoms with Gasteiger partial charge in [0, 0.05) is 36.8 Å². The number of allylic oxidation sites excluding steroid dienone is 4. The van der Waals surface area contributed by atoms with Gasteiger partial charge in [0.05, 0.1) is 51.3 Å². The largest absolute Gasteiger partial charge is 0.504 e. The lowest BCUT2D eigenvalue weighted by molar-refractivity contribution is 0.122. The van der Waals surface area contributed by atoms with Crippen LogP contribution in [-0.4, -0.2) is 62.0 Å². The van der Waals surface area contributed by atoms with E-state index in [1.807, 2.05) is 30.5 Å². The summed E-state index contributed by atoms with van der Waals surface area (Å²) in [7, 11) is 3.24. The van der Waals surface area contributed by atoms with Gasteiger partial charge in [-0.25, -0.2) is 9.97 Å². The van der Waals surface area contributed by atoms with Gasteiger partial charge in [-0.15, -0.1) is 0 Å². The summed E-state index contributed by atoms with van der Waals surface area (Å²) in [5.74, 6) is 2.19. The summed E-state index contributed by atoms with van der Waals surface area (Å²) in [5.41, 5.74) is 3.89. The zero-order chi connectivity index (χ0) is 21.6. The Morgan fingerprint density at radius 1 is 1.16 bits per heavy atom. The van der Waals surface area contributed by atoms with Crippen molar-refractivity contribution < 1.29 is 14.2 Å². The normalized spacial score (nSPS) is 16.5. The summed E-state index contributed by atoms with van der Waals surface area (Å²) in [4.78, 5) is 18.7. The van der Waals surface area contributed by atoms with Gasteiger partial charge in [0.15, 0.2) is 0 Å². The topological polar surface area (TPSA) is 72.8 Å². The Kier molecular flexibility index (Phi) is 6.47. The van der Waals surface area contributed by atoms with Crippen molar-refractivity contribution >= 4 is 23.0 Å². The van der Waals surface area contributed by atoms with E-state index in [2.05, 4.69) is 21.4 Å². The Balaban J connectivity index is 1.81. The van der Waals surface area contributed by atoms with Gasteiger partial charge in [-0.05, 0) is 18.6 Å². The number of nitrogens with zero attached hydrogens (tertiary/aromatic N) is 5. The molecule has 0 bridgehead atoms. The van der Waals surface area contributed by atoms with Crippen LogP contribution in [-0.2, 0) is 15.9 Å². The Morgan fingerprint density at radius 3 is 2.68 bits per heavy atom. The molecule has 162 valence electrons. The van der Waals surface area contributed by atoms with Gasteiger partial charge >= 0.3 is 0 Å². The number of pyridine rings is 1. The maximum atomic E-state index is 5.52. The third-order valence-corrected chi connectivity index (χ3v) is 5.30. The van der Waals surface area contributed by atoms with Gasteiger partial charge in [-0.3, -0.25) is 0 Å². The molecule has 0 amide bonds. The van der Waals surface area contributed by atoms with E-state index in [0.717, 1.165) is 54.4 Å². The number of hydrogen-bond donors (Lipinski definition) is 0. The smallest absolute Gasteiger partial charge is 0.228 e. The highest BCUT2D eigenvalue weighted by molar-refractivity contribution is 5.80. The van der Waals surface area contributed by atoms with E-state index < -0.39 is 0 Å². The molecule has 0 atom stereocenters. The highest BCUT2D eigenvalue weighted by Gasteiger charge is 2.29. The molecule has 0 saturated carbocycles. The van der Waals surface area contributed by atoms with Crippen LogP contribution in [0.1, 0.15) is 11.3 Å². The van der Waals surface area contributed by atoms with Crippen molar-refractivity contribution in [2.24, 2.45) is 0 Å². The van der Waals surface area contributed by atoms with Crippen molar-refractivity contribution in [3.8, 4) is 5.88 Å². The van der Waals surface area contributed by atoms with E-state index in [4.69, 9.17) is 24.2 Å². The molecule has 4 heterocycles. The first-order valence-corrected chi connectivity index (χ1v) is 10.3. The van der Waals surface area contributed by atoms with E-state index in [-0.39, 0.29) is 0 Å². The summed E-state index contributed by atoms with van der Waals surface area (Å²) >= 11 is 0. The first kappa shape index (κ1) is 20.9. The molecule has 4 rings (SSSR count). The molecule has 0 aliphatic carbocycles. The minimum absolute atomic E-state index is 0.585. The SMILES string of the molecule is C=C/C=C(\C=C\OC)c1nc(N2CCOCC2)nc2c1CCN2c1ccc(OC)nc1. The first-order valence-electron chi connectivity index (χ1n) is 10.3. The van der Waals surface area contributed by atoms with E-state index in [0.29, 0.717) is 25.0 Å². The standard InChI is InChI=1S/C23H27N5O3/c1-4-5-17(9-13-29-2)21-19-8-10-28(18-6-7-20(30-3)24-16-18)22(19)26-23(25-21)27-11-14-31-15-12-27/h4-7,9,13,16H,1,8,10-12,14-15H2,2-3H3/b13-9+,17-5+. The molecule has 1 saturated heterocycles. The van der Waals surface area contributed by atoms with Crippen molar-refractivity contribution in [2.75, 3.05) is 56.9 Å². The summed E-state index contributed by atoms with van der Waals surface area (Å²) < 4.78 is 15.9. The van der Waals surface area contributed by atoms with E-state index in [1.54, 1.807) is 26.6 Å². The van der Waals surface area contributed by atoms with Crippen molar-refractivity contribution in [2.45, 2.75) is 6.42 Å². The molecule has 8 heteroatoms. The van der Waals surface area contributed by atoms with Gasteiger partial charge < -0.3 is 24.0 Å². The number of morpholine rings is 1. The van der Waals surface area contributed by atoms with Crippen LogP contribution in [0.3, 0.4) is 0 Å². The number of hydrogen-bond acceptors (Lipinski definition) is 8. The number of ether oxygens (including phenoxy) is 3. The van der Waals surface area contributed by atoms with Gasteiger partial charge in [-0.2, -0.15) is 4.98 Å². The van der Waals surface area contributed by atoms with Crippen LogP contribution in [0.15, 0.2) is 49.4 Å². The van der Waals surface area contributed by atoms with Crippen LogP contribution < -0.4 is 14.5 Å². The predicted molar refractivity (Wildman–Crippen MR) is 121 cm³/mol. The molecule has 2 aliphatic heterocycles. The van der Waals surface area contributed by atoms with Gasteiger partial charge in [0.1, 0.15) is 5.82 Å². The van der Waals surface area contributed by atoms with Crippen LogP contribution in [0.4, 0.5) is 17.5 Å². The Labute approximate surface area is 182 Å². The number of rotatable bonds is 7. The van der Waals surface area contributed by atoms with Crippen LogP contribution in [0, 0.1) is 0 Å². The fraction of sp³-hybridized carbons (Fsp3) is 0.348. The van der Waals surface area contributed by atoms with Crippen LogP contribution >= 0.6 is 0 Å². The lowest BCUT2D eigenvalue weighted by atomic mass is 10.1. The molecule has 0 aromatic carbocycles. The molecule has 0 radical (unpaired) electrons. The molecule has 2 aliphatic rings. The third kappa shape index (κ3) is 4.39. The molecule has 2 aromatic rings. The molecular weight excluding hydrogens is 394 g/mol. The van der Waals surface area contributed by atoms with Crippen molar-refractivity contribution in [3.05, 3.63) is 60.7 Å². The van der Waals surface area contributed by atoms with E-state index in [1.165, 1.54) is 0 Å². The van der Waals surface area contributed by atoms with E-state index in [9.17, 15) is 0 Å². The van der Waals surface area contributed by atoms with E-state index >= 15 is 0 Å². The lowest BCUT2D eigenvalue weighted by Gasteiger charge is -2.28. The molecule has 0 N–H and O–H groups in total. The van der Waals surface area contributed by atoms with Gasteiger partial charge in [0.25, 0.3) is 0 Å². The fourth-order valence-corrected chi connectivity index (χ4v) is 3.77. The molecule has 0 unspecified atom stereocenters. The third-order valence-electron chi connectivity index (χ3n) is 5.30. The molecule has 8 nitrogen and oxygen atoms in total. The second kappa shape index (κ2) is 9.61. The van der Waals surface area contributed by atoms with Crippen molar-refractivity contribution in [1.29, 1.82) is 0 Å². The Bertz CT molecular complexity index is 981. The van der Waals surface area contributed by atoms with Crippen molar-refractivity contribution in [3.63, 3.8) is 0 Å². The monoisotopic (exact) mass is 421 g/mol.